The molecule has 2 nitrogen and oxygen atoms in total. The van der Waals surface area contributed by atoms with Crippen LogP contribution in [0.3, 0.4) is 0 Å². The number of alkyl halides is 2. The second-order valence-electron chi connectivity index (χ2n) is 1.54. The Balaban J connectivity index is 3.50. The zero-order valence-corrected chi connectivity index (χ0v) is 8.13. The van der Waals surface area contributed by atoms with Crippen LogP contribution in [0.15, 0.2) is 11.1 Å². The quantitative estimate of drug-likeness (QED) is 0.757. The maximum Gasteiger partial charge on any atom is 0.253 e. The van der Waals surface area contributed by atoms with Crippen molar-refractivity contribution in [2.75, 3.05) is 6.54 Å². The molecule has 0 heterocycles. The van der Waals surface area contributed by atoms with Gasteiger partial charge in [0.15, 0.2) is 4.84 Å². The number of halogens is 3. The first-order valence-electron chi connectivity index (χ1n) is 2.43. The molecule has 0 aliphatic rings. The van der Waals surface area contributed by atoms with Crippen LogP contribution in [0.4, 0.5) is 0 Å². The van der Waals surface area contributed by atoms with Crippen LogP contribution in [0.25, 0.3) is 0 Å². The summed E-state index contributed by atoms with van der Waals surface area (Å²) in [5, 5.41) is 2.43. The van der Waals surface area contributed by atoms with E-state index < -0.39 is 10.7 Å². The largest absolute Gasteiger partial charge is 0.349 e. The summed E-state index contributed by atoms with van der Waals surface area (Å²) in [6.45, 7) is 3.84. The fourth-order valence-electron chi connectivity index (χ4n) is 0.260. The minimum absolute atomic E-state index is 0.342. The van der Waals surface area contributed by atoms with Gasteiger partial charge in [-0.2, -0.15) is 0 Å². The lowest BCUT2D eigenvalue weighted by atomic mass is 10.6. The van der Waals surface area contributed by atoms with Crippen molar-refractivity contribution in [1.29, 1.82) is 0 Å². The van der Waals surface area contributed by atoms with Crippen molar-refractivity contribution < 1.29 is 4.79 Å². The molecule has 0 unspecified atom stereocenters. The number of rotatable bonds is 3. The summed E-state index contributed by atoms with van der Waals surface area (Å²) in [6.07, 6.45) is 0. The fourth-order valence-corrected chi connectivity index (χ4v) is 0.555. The highest BCUT2D eigenvalue weighted by Crippen LogP contribution is 2.02. The van der Waals surface area contributed by atoms with Gasteiger partial charge in [-0.1, -0.05) is 45.7 Å². The molecule has 0 saturated heterocycles. The molecule has 0 fully saturated rings. The molecule has 0 saturated carbocycles. The lowest BCUT2D eigenvalue weighted by Gasteiger charge is -2.02. The average molecular weight is 247 g/mol. The van der Waals surface area contributed by atoms with Gasteiger partial charge in [-0.15, -0.1) is 0 Å². The molecule has 0 radical (unpaired) electrons. The first kappa shape index (κ1) is 10.3. The van der Waals surface area contributed by atoms with E-state index in [1.165, 1.54) is 0 Å². The second-order valence-corrected chi connectivity index (χ2v) is 3.75. The van der Waals surface area contributed by atoms with Crippen LogP contribution >= 0.6 is 39.1 Å². The number of amides is 1. The van der Waals surface area contributed by atoms with Crippen LogP contribution in [0.1, 0.15) is 0 Å². The number of hydrogen-bond acceptors (Lipinski definition) is 1. The molecule has 0 aliphatic heterocycles. The summed E-state index contributed by atoms with van der Waals surface area (Å²) in [5.41, 5.74) is 0. The van der Waals surface area contributed by atoms with Crippen LogP contribution in [0.5, 0.6) is 0 Å². The average Bonchev–Trinajstić information content (AvgIpc) is 1.82. The van der Waals surface area contributed by atoms with Gasteiger partial charge in [0.1, 0.15) is 0 Å². The summed E-state index contributed by atoms with van der Waals surface area (Å²) in [4.78, 5) is 9.60. The number of carbonyl (C=O) groups is 1. The molecular weight excluding hydrogens is 241 g/mol. The van der Waals surface area contributed by atoms with Gasteiger partial charge in [0.25, 0.3) is 5.91 Å². The normalized spacial score (nSPS) is 9.60. The Morgan fingerprint density at radius 3 is 2.50 bits per heavy atom. The predicted octanol–water partition coefficient (Wildman–Crippen LogP) is 1.81. The third-order valence-corrected chi connectivity index (χ3v) is 1.33. The summed E-state index contributed by atoms with van der Waals surface area (Å²) >= 11 is 13.5. The molecule has 1 amide bonds. The van der Waals surface area contributed by atoms with Gasteiger partial charge >= 0.3 is 0 Å². The standard InChI is InChI=1S/C5H6BrCl2NO/c1-3(6)2-9-5(10)4(7)8/h4H,1-2H2,(H,9,10). The van der Waals surface area contributed by atoms with Gasteiger partial charge in [-0.05, 0) is 0 Å². The number of carbonyl (C=O) groups excluding carboxylic acids is 1. The topological polar surface area (TPSA) is 29.1 Å². The molecule has 0 aliphatic carbocycles. The van der Waals surface area contributed by atoms with E-state index >= 15 is 0 Å². The molecule has 58 valence electrons. The highest BCUT2D eigenvalue weighted by Gasteiger charge is 2.09. The maximum absolute atomic E-state index is 10.6. The van der Waals surface area contributed by atoms with Crippen molar-refractivity contribution in [3.05, 3.63) is 11.1 Å². The molecule has 0 aromatic rings. The van der Waals surface area contributed by atoms with E-state index in [1.54, 1.807) is 0 Å². The lowest BCUT2D eigenvalue weighted by molar-refractivity contribution is -0.119. The number of nitrogens with one attached hydrogen (secondary N) is 1. The van der Waals surface area contributed by atoms with Crippen LogP contribution < -0.4 is 5.32 Å². The summed E-state index contributed by atoms with van der Waals surface area (Å²) in [5.74, 6) is -0.413. The predicted molar refractivity (Wildman–Crippen MR) is 46.6 cm³/mol. The first-order chi connectivity index (χ1) is 4.54. The highest BCUT2D eigenvalue weighted by atomic mass is 79.9. The molecule has 0 atom stereocenters. The lowest BCUT2D eigenvalue weighted by Crippen LogP contribution is -2.29. The Morgan fingerprint density at radius 2 is 2.20 bits per heavy atom. The van der Waals surface area contributed by atoms with Crippen LogP contribution in [-0.4, -0.2) is 17.3 Å². The van der Waals surface area contributed by atoms with Crippen LogP contribution in [0, 0.1) is 0 Å². The van der Waals surface area contributed by atoms with Crippen molar-refractivity contribution in [1.82, 2.24) is 5.32 Å². The molecule has 0 rings (SSSR count). The van der Waals surface area contributed by atoms with Crippen molar-refractivity contribution in [3.8, 4) is 0 Å². The molecule has 0 aromatic carbocycles. The van der Waals surface area contributed by atoms with Crippen molar-refractivity contribution in [2.24, 2.45) is 0 Å². The monoisotopic (exact) mass is 245 g/mol. The van der Waals surface area contributed by atoms with E-state index in [4.69, 9.17) is 23.2 Å². The highest BCUT2D eigenvalue weighted by molar-refractivity contribution is 9.11. The van der Waals surface area contributed by atoms with Crippen molar-refractivity contribution >= 4 is 45.0 Å². The Morgan fingerprint density at radius 1 is 1.70 bits per heavy atom. The third kappa shape index (κ3) is 5.09. The summed E-state index contributed by atoms with van der Waals surface area (Å²) < 4.78 is 0.676. The van der Waals surface area contributed by atoms with Crippen LogP contribution in [0.2, 0.25) is 0 Å². The van der Waals surface area contributed by atoms with E-state index in [2.05, 4.69) is 27.8 Å². The molecular formula is C5H6BrCl2NO. The van der Waals surface area contributed by atoms with Gasteiger partial charge in [-0.25, -0.2) is 0 Å². The van der Waals surface area contributed by atoms with E-state index in [-0.39, 0.29) is 0 Å². The zero-order valence-electron chi connectivity index (χ0n) is 5.03. The molecule has 1 N–H and O–H groups in total. The molecule has 0 bridgehead atoms. The van der Waals surface area contributed by atoms with Gasteiger partial charge in [0.05, 0.1) is 0 Å². The Kier molecular flexibility index (Phi) is 5.13. The van der Waals surface area contributed by atoms with Crippen molar-refractivity contribution in [3.63, 3.8) is 0 Å². The van der Waals surface area contributed by atoms with E-state index in [1.807, 2.05) is 0 Å². The molecule has 0 spiro atoms. The minimum Gasteiger partial charge on any atom is -0.349 e. The van der Waals surface area contributed by atoms with Gasteiger partial charge in [0, 0.05) is 11.0 Å². The van der Waals surface area contributed by atoms with E-state index in [0.717, 1.165) is 0 Å². The smallest absolute Gasteiger partial charge is 0.253 e. The Labute approximate surface area is 77.7 Å². The summed E-state index contributed by atoms with van der Waals surface area (Å²) in [7, 11) is 0. The Bertz CT molecular complexity index is 149. The summed E-state index contributed by atoms with van der Waals surface area (Å²) in [6, 6.07) is 0. The van der Waals surface area contributed by atoms with Gasteiger partial charge in [-0.3, -0.25) is 4.79 Å². The first-order valence-corrected chi connectivity index (χ1v) is 4.09. The minimum atomic E-state index is -1.01. The van der Waals surface area contributed by atoms with Gasteiger partial charge < -0.3 is 5.32 Å². The molecule has 5 heteroatoms. The Hall–Kier alpha value is 0.270. The van der Waals surface area contributed by atoms with E-state index in [0.29, 0.717) is 11.0 Å². The zero-order chi connectivity index (χ0) is 8.15. The van der Waals surface area contributed by atoms with Crippen molar-refractivity contribution in [2.45, 2.75) is 4.84 Å². The maximum atomic E-state index is 10.6. The number of hydrogen-bond donors (Lipinski definition) is 1. The van der Waals surface area contributed by atoms with Gasteiger partial charge in [0.2, 0.25) is 0 Å². The molecule has 0 aromatic heterocycles. The molecule has 10 heavy (non-hydrogen) atoms. The van der Waals surface area contributed by atoms with Crippen LogP contribution in [-0.2, 0) is 4.79 Å². The third-order valence-electron chi connectivity index (χ3n) is 0.653. The second kappa shape index (κ2) is 4.99. The fraction of sp³-hybridized carbons (Fsp3) is 0.400. The SMILES string of the molecule is C=C(Br)CNC(=O)C(Cl)Cl. The van der Waals surface area contributed by atoms with E-state index in [9.17, 15) is 4.79 Å².